The fourth-order valence-electron chi connectivity index (χ4n) is 3.08. The van der Waals surface area contributed by atoms with Crippen molar-refractivity contribution in [1.82, 2.24) is 4.90 Å². The molecule has 2 atom stereocenters. The Bertz CT molecular complexity index is 591. The van der Waals surface area contributed by atoms with Gasteiger partial charge in [-0.3, -0.25) is 4.79 Å². The van der Waals surface area contributed by atoms with Crippen LogP contribution in [0.1, 0.15) is 36.9 Å². The van der Waals surface area contributed by atoms with Gasteiger partial charge in [-0.1, -0.05) is 60.7 Å². The first-order valence-electron chi connectivity index (χ1n) is 7.12. The standard InChI is InChI=1S/C18H19NO/c1-13(2)19-17(15-11-7-4-8-12-15)16(18(19)20)14-9-5-3-6-10-14/h3-13,16-17H,1-2H3/t16-,17-/m1/s1. The lowest BCUT2D eigenvalue weighted by atomic mass is 9.77. The summed E-state index contributed by atoms with van der Waals surface area (Å²) in [6.45, 7) is 4.16. The fourth-order valence-corrected chi connectivity index (χ4v) is 3.08. The van der Waals surface area contributed by atoms with Gasteiger partial charge in [0.2, 0.25) is 5.91 Å². The minimum absolute atomic E-state index is 0.0407. The van der Waals surface area contributed by atoms with Gasteiger partial charge in [0.1, 0.15) is 0 Å². The van der Waals surface area contributed by atoms with Crippen molar-refractivity contribution in [2.24, 2.45) is 0 Å². The predicted octanol–water partition coefficient (Wildman–Crippen LogP) is 3.76. The van der Waals surface area contributed by atoms with E-state index in [1.54, 1.807) is 0 Å². The van der Waals surface area contributed by atoms with E-state index in [0.717, 1.165) is 5.56 Å². The predicted molar refractivity (Wildman–Crippen MR) is 80.3 cm³/mol. The second-order valence-corrected chi connectivity index (χ2v) is 5.58. The van der Waals surface area contributed by atoms with Gasteiger partial charge in [-0.15, -0.1) is 0 Å². The Morgan fingerprint density at radius 1 is 0.850 bits per heavy atom. The molecule has 3 rings (SSSR count). The Kier molecular flexibility index (Phi) is 3.31. The van der Waals surface area contributed by atoms with Crippen LogP contribution in [0.15, 0.2) is 60.7 Å². The number of amides is 1. The zero-order valence-electron chi connectivity index (χ0n) is 11.9. The third-order valence-electron chi connectivity index (χ3n) is 3.99. The average molecular weight is 265 g/mol. The van der Waals surface area contributed by atoms with Crippen LogP contribution >= 0.6 is 0 Å². The van der Waals surface area contributed by atoms with Crippen molar-refractivity contribution in [3.05, 3.63) is 71.8 Å². The number of carbonyl (C=O) groups is 1. The quantitative estimate of drug-likeness (QED) is 0.774. The molecule has 2 nitrogen and oxygen atoms in total. The van der Waals surface area contributed by atoms with Crippen LogP contribution < -0.4 is 0 Å². The van der Waals surface area contributed by atoms with Gasteiger partial charge in [0.05, 0.1) is 12.0 Å². The van der Waals surface area contributed by atoms with Crippen molar-refractivity contribution in [3.63, 3.8) is 0 Å². The molecule has 2 heteroatoms. The first kappa shape index (κ1) is 12.9. The van der Waals surface area contributed by atoms with Gasteiger partial charge in [0.25, 0.3) is 0 Å². The monoisotopic (exact) mass is 265 g/mol. The van der Waals surface area contributed by atoms with E-state index in [9.17, 15) is 4.79 Å². The van der Waals surface area contributed by atoms with Crippen LogP contribution in [0.4, 0.5) is 0 Å². The Labute approximate surface area is 120 Å². The molecule has 1 amide bonds. The number of rotatable bonds is 3. The number of nitrogens with zero attached hydrogens (tertiary/aromatic N) is 1. The normalized spacial score (nSPS) is 21.9. The van der Waals surface area contributed by atoms with Crippen LogP contribution in [-0.2, 0) is 4.79 Å². The van der Waals surface area contributed by atoms with Crippen molar-refractivity contribution >= 4 is 5.91 Å². The molecule has 1 heterocycles. The van der Waals surface area contributed by atoms with Gasteiger partial charge in [0, 0.05) is 6.04 Å². The summed E-state index contributed by atoms with van der Waals surface area (Å²) in [4.78, 5) is 14.5. The van der Waals surface area contributed by atoms with Gasteiger partial charge in [0.15, 0.2) is 0 Å². The molecule has 20 heavy (non-hydrogen) atoms. The van der Waals surface area contributed by atoms with E-state index in [1.807, 2.05) is 41.3 Å². The first-order chi connectivity index (χ1) is 9.70. The van der Waals surface area contributed by atoms with Crippen LogP contribution in [0.5, 0.6) is 0 Å². The largest absolute Gasteiger partial charge is 0.331 e. The van der Waals surface area contributed by atoms with E-state index in [1.165, 1.54) is 5.56 Å². The molecule has 0 aromatic heterocycles. The molecular weight excluding hydrogens is 246 g/mol. The highest BCUT2D eigenvalue weighted by molar-refractivity contribution is 5.91. The molecule has 2 aromatic rings. The van der Waals surface area contributed by atoms with Crippen molar-refractivity contribution in [1.29, 1.82) is 0 Å². The summed E-state index contributed by atoms with van der Waals surface area (Å²) in [5.74, 6) is 0.195. The molecule has 102 valence electrons. The molecule has 1 aliphatic heterocycles. The minimum Gasteiger partial charge on any atom is -0.331 e. The van der Waals surface area contributed by atoms with Crippen LogP contribution in [0.25, 0.3) is 0 Å². The molecule has 1 saturated heterocycles. The Hall–Kier alpha value is -2.09. The molecule has 1 aliphatic rings. The van der Waals surface area contributed by atoms with E-state index in [-0.39, 0.29) is 23.9 Å². The summed E-state index contributed by atoms with van der Waals surface area (Å²) in [5, 5.41) is 0. The highest BCUT2D eigenvalue weighted by Gasteiger charge is 2.49. The third kappa shape index (κ3) is 2.01. The SMILES string of the molecule is CC(C)N1C(=O)[C@H](c2ccccc2)[C@H]1c1ccccc1. The molecule has 1 fully saturated rings. The molecule has 2 aromatic carbocycles. The van der Waals surface area contributed by atoms with Crippen molar-refractivity contribution in [2.75, 3.05) is 0 Å². The summed E-state index contributed by atoms with van der Waals surface area (Å²) >= 11 is 0. The third-order valence-corrected chi connectivity index (χ3v) is 3.99. The number of hydrogen-bond acceptors (Lipinski definition) is 1. The van der Waals surface area contributed by atoms with E-state index >= 15 is 0 Å². The molecule has 0 saturated carbocycles. The lowest BCUT2D eigenvalue weighted by Gasteiger charge is -2.50. The first-order valence-corrected chi connectivity index (χ1v) is 7.12. The maximum Gasteiger partial charge on any atom is 0.233 e. The Morgan fingerprint density at radius 3 is 1.85 bits per heavy atom. The molecular formula is C18H19NO. The highest BCUT2D eigenvalue weighted by atomic mass is 16.2. The van der Waals surface area contributed by atoms with Gasteiger partial charge >= 0.3 is 0 Å². The second-order valence-electron chi connectivity index (χ2n) is 5.58. The second kappa shape index (κ2) is 5.12. The molecule has 0 aliphatic carbocycles. The molecule has 0 spiro atoms. The number of hydrogen-bond donors (Lipinski definition) is 0. The number of β-lactam (4-membered cyclic amide) rings is 1. The molecule has 0 unspecified atom stereocenters. The van der Waals surface area contributed by atoms with E-state index in [2.05, 4.69) is 38.1 Å². The highest BCUT2D eigenvalue weighted by Crippen LogP contribution is 2.47. The smallest absolute Gasteiger partial charge is 0.233 e. The van der Waals surface area contributed by atoms with Crippen LogP contribution in [0, 0.1) is 0 Å². The van der Waals surface area contributed by atoms with Gasteiger partial charge in [-0.2, -0.15) is 0 Å². The number of likely N-dealkylation sites (tertiary alicyclic amines) is 1. The van der Waals surface area contributed by atoms with E-state index in [0.29, 0.717) is 0 Å². The van der Waals surface area contributed by atoms with Crippen LogP contribution in [-0.4, -0.2) is 16.8 Å². The average Bonchev–Trinajstić information content (AvgIpc) is 2.46. The van der Waals surface area contributed by atoms with Crippen LogP contribution in [0.2, 0.25) is 0 Å². The van der Waals surface area contributed by atoms with Crippen molar-refractivity contribution in [3.8, 4) is 0 Å². The van der Waals surface area contributed by atoms with Gasteiger partial charge in [-0.05, 0) is 25.0 Å². The number of carbonyl (C=O) groups excluding carboxylic acids is 1. The summed E-state index contributed by atoms with van der Waals surface area (Å²) in [7, 11) is 0. The van der Waals surface area contributed by atoms with Gasteiger partial charge in [-0.25, -0.2) is 0 Å². The summed E-state index contributed by atoms with van der Waals surface area (Å²) in [6, 6.07) is 20.8. The summed E-state index contributed by atoms with van der Waals surface area (Å²) in [6.07, 6.45) is 0. The Balaban J connectivity index is 2.00. The summed E-state index contributed by atoms with van der Waals surface area (Å²) < 4.78 is 0. The zero-order chi connectivity index (χ0) is 14.1. The fraction of sp³-hybridized carbons (Fsp3) is 0.278. The maximum atomic E-state index is 12.5. The zero-order valence-corrected chi connectivity index (χ0v) is 11.9. The topological polar surface area (TPSA) is 20.3 Å². The van der Waals surface area contributed by atoms with Crippen LogP contribution in [0.3, 0.4) is 0 Å². The van der Waals surface area contributed by atoms with E-state index < -0.39 is 0 Å². The lowest BCUT2D eigenvalue weighted by Crippen LogP contribution is -2.56. The maximum absolute atomic E-state index is 12.5. The minimum atomic E-state index is -0.0407. The van der Waals surface area contributed by atoms with Crippen molar-refractivity contribution < 1.29 is 4.79 Å². The van der Waals surface area contributed by atoms with Crippen molar-refractivity contribution in [2.45, 2.75) is 31.8 Å². The summed E-state index contributed by atoms with van der Waals surface area (Å²) in [5.41, 5.74) is 2.33. The van der Waals surface area contributed by atoms with Gasteiger partial charge < -0.3 is 4.90 Å². The lowest BCUT2D eigenvalue weighted by molar-refractivity contribution is -0.153. The molecule has 0 N–H and O–H groups in total. The Morgan fingerprint density at radius 2 is 1.35 bits per heavy atom. The molecule has 0 radical (unpaired) electrons. The molecule has 0 bridgehead atoms. The number of benzene rings is 2. The van der Waals surface area contributed by atoms with E-state index in [4.69, 9.17) is 0 Å².